The van der Waals surface area contributed by atoms with Gasteiger partial charge in [-0.3, -0.25) is 0 Å². The molecule has 0 aromatic heterocycles. The first kappa shape index (κ1) is 15.8. The van der Waals surface area contributed by atoms with Gasteiger partial charge < -0.3 is 10.2 Å². The van der Waals surface area contributed by atoms with Gasteiger partial charge in [0.05, 0.1) is 0 Å². The summed E-state index contributed by atoms with van der Waals surface area (Å²) in [5, 5.41) is 4.32. The number of halogens is 1. The lowest BCUT2D eigenvalue weighted by Crippen LogP contribution is -2.35. The van der Waals surface area contributed by atoms with Crippen molar-refractivity contribution >= 4 is 11.6 Å². The van der Waals surface area contributed by atoms with Crippen LogP contribution in [-0.4, -0.2) is 31.1 Å². The van der Waals surface area contributed by atoms with Crippen molar-refractivity contribution in [1.29, 1.82) is 0 Å². The molecule has 1 aromatic rings. The number of hydrogen-bond donors (Lipinski definition) is 1. The minimum Gasteiger partial charge on any atom is -0.313 e. The van der Waals surface area contributed by atoms with Crippen LogP contribution in [0.25, 0.3) is 0 Å². The molecule has 0 radical (unpaired) electrons. The molecule has 2 nitrogen and oxygen atoms in total. The smallest absolute Gasteiger partial charge is 0.0406 e. The SMILES string of the molecule is CN(CCCNCc1ccc(Cl)cc1)C1CCCCC1. The van der Waals surface area contributed by atoms with E-state index in [0.29, 0.717) is 0 Å². The fraction of sp³-hybridized carbons (Fsp3) is 0.647. The molecule has 1 saturated carbocycles. The van der Waals surface area contributed by atoms with E-state index in [-0.39, 0.29) is 0 Å². The fourth-order valence-corrected chi connectivity index (χ4v) is 3.12. The molecule has 112 valence electrons. The highest BCUT2D eigenvalue weighted by molar-refractivity contribution is 6.30. The van der Waals surface area contributed by atoms with Gasteiger partial charge in [0.1, 0.15) is 0 Å². The first-order valence-electron chi connectivity index (χ1n) is 7.91. The molecule has 0 unspecified atom stereocenters. The minimum atomic E-state index is 0.808. The lowest BCUT2D eigenvalue weighted by atomic mass is 9.94. The summed E-state index contributed by atoms with van der Waals surface area (Å²) in [5.41, 5.74) is 1.30. The van der Waals surface area contributed by atoms with Crippen LogP contribution in [0.3, 0.4) is 0 Å². The molecule has 0 bridgehead atoms. The van der Waals surface area contributed by atoms with Crippen molar-refractivity contribution < 1.29 is 0 Å². The van der Waals surface area contributed by atoms with Gasteiger partial charge in [0.25, 0.3) is 0 Å². The van der Waals surface area contributed by atoms with Gasteiger partial charge in [0, 0.05) is 17.6 Å². The zero-order valence-corrected chi connectivity index (χ0v) is 13.3. The van der Waals surface area contributed by atoms with Gasteiger partial charge in [-0.15, -0.1) is 0 Å². The Balaban J connectivity index is 1.55. The summed E-state index contributed by atoms with van der Waals surface area (Å²) < 4.78 is 0. The van der Waals surface area contributed by atoms with E-state index < -0.39 is 0 Å². The number of nitrogens with zero attached hydrogens (tertiary/aromatic N) is 1. The lowest BCUT2D eigenvalue weighted by molar-refractivity contribution is 0.189. The minimum absolute atomic E-state index is 0.808. The normalized spacial score (nSPS) is 16.8. The Morgan fingerprint density at radius 2 is 1.85 bits per heavy atom. The molecule has 0 spiro atoms. The number of hydrogen-bond acceptors (Lipinski definition) is 2. The van der Waals surface area contributed by atoms with Crippen LogP contribution in [0.15, 0.2) is 24.3 Å². The average molecular weight is 295 g/mol. The number of rotatable bonds is 7. The van der Waals surface area contributed by atoms with Gasteiger partial charge in [0.15, 0.2) is 0 Å². The van der Waals surface area contributed by atoms with E-state index in [4.69, 9.17) is 11.6 Å². The summed E-state index contributed by atoms with van der Waals surface area (Å²) in [6.07, 6.45) is 8.30. The van der Waals surface area contributed by atoms with Crippen LogP contribution in [0.2, 0.25) is 5.02 Å². The van der Waals surface area contributed by atoms with E-state index in [1.807, 2.05) is 12.1 Å². The fourth-order valence-electron chi connectivity index (χ4n) is 2.99. The van der Waals surface area contributed by atoms with Gasteiger partial charge in [-0.25, -0.2) is 0 Å². The summed E-state index contributed by atoms with van der Waals surface area (Å²) in [5.74, 6) is 0. The third-order valence-corrected chi connectivity index (χ3v) is 4.56. The van der Waals surface area contributed by atoms with Crippen LogP contribution in [-0.2, 0) is 6.54 Å². The van der Waals surface area contributed by atoms with Crippen LogP contribution in [0.4, 0.5) is 0 Å². The molecule has 1 aliphatic rings. The molecule has 0 heterocycles. The second-order valence-electron chi connectivity index (χ2n) is 5.93. The van der Waals surface area contributed by atoms with Crippen LogP contribution < -0.4 is 5.32 Å². The highest BCUT2D eigenvalue weighted by Crippen LogP contribution is 2.21. The monoisotopic (exact) mass is 294 g/mol. The molecule has 0 amide bonds. The Bertz CT molecular complexity index is 371. The van der Waals surface area contributed by atoms with Gasteiger partial charge in [-0.05, 0) is 57.1 Å². The molecule has 3 heteroatoms. The van der Waals surface area contributed by atoms with E-state index in [0.717, 1.165) is 24.2 Å². The van der Waals surface area contributed by atoms with Crippen molar-refractivity contribution in [1.82, 2.24) is 10.2 Å². The standard InChI is InChI=1S/C17H27ClN2/c1-20(17-6-3-2-4-7-17)13-5-12-19-14-15-8-10-16(18)11-9-15/h8-11,17,19H,2-7,12-14H2,1H3. The highest BCUT2D eigenvalue weighted by atomic mass is 35.5. The summed E-state index contributed by atoms with van der Waals surface area (Å²) in [4.78, 5) is 2.56. The third-order valence-electron chi connectivity index (χ3n) is 4.30. The summed E-state index contributed by atoms with van der Waals surface area (Å²) in [6.45, 7) is 3.22. The molecule has 0 atom stereocenters. The zero-order chi connectivity index (χ0) is 14.2. The van der Waals surface area contributed by atoms with Crippen molar-refractivity contribution in [3.8, 4) is 0 Å². The lowest BCUT2D eigenvalue weighted by Gasteiger charge is -2.31. The van der Waals surface area contributed by atoms with Gasteiger partial charge in [0.2, 0.25) is 0 Å². The van der Waals surface area contributed by atoms with E-state index in [2.05, 4.69) is 29.4 Å². The molecule has 20 heavy (non-hydrogen) atoms. The maximum atomic E-state index is 5.88. The maximum absolute atomic E-state index is 5.88. The van der Waals surface area contributed by atoms with Crippen molar-refractivity contribution in [2.45, 2.75) is 51.1 Å². The molecule has 1 N–H and O–H groups in total. The first-order chi connectivity index (χ1) is 9.75. The number of nitrogens with one attached hydrogen (secondary N) is 1. The molecule has 1 fully saturated rings. The van der Waals surface area contributed by atoms with Crippen molar-refractivity contribution in [3.05, 3.63) is 34.9 Å². The van der Waals surface area contributed by atoms with E-state index in [1.165, 1.54) is 50.6 Å². The Hall–Kier alpha value is -0.570. The molecule has 2 rings (SSSR count). The highest BCUT2D eigenvalue weighted by Gasteiger charge is 2.16. The maximum Gasteiger partial charge on any atom is 0.0406 e. The third kappa shape index (κ3) is 5.43. The van der Waals surface area contributed by atoms with Crippen LogP contribution >= 0.6 is 11.6 Å². The zero-order valence-electron chi connectivity index (χ0n) is 12.6. The molecule has 0 aliphatic heterocycles. The molecule has 1 aliphatic carbocycles. The second-order valence-corrected chi connectivity index (χ2v) is 6.37. The largest absolute Gasteiger partial charge is 0.313 e. The topological polar surface area (TPSA) is 15.3 Å². The van der Waals surface area contributed by atoms with E-state index in [1.54, 1.807) is 0 Å². The molecule has 0 saturated heterocycles. The van der Waals surface area contributed by atoms with E-state index in [9.17, 15) is 0 Å². The van der Waals surface area contributed by atoms with Crippen molar-refractivity contribution in [2.75, 3.05) is 20.1 Å². The predicted molar refractivity (Wildman–Crippen MR) is 87.3 cm³/mol. The second kappa shape index (κ2) is 8.66. The quantitative estimate of drug-likeness (QED) is 0.762. The summed E-state index contributed by atoms with van der Waals surface area (Å²) >= 11 is 5.88. The van der Waals surface area contributed by atoms with E-state index >= 15 is 0 Å². The molecular weight excluding hydrogens is 268 g/mol. The Morgan fingerprint density at radius 1 is 1.15 bits per heavy atom. The van der Waals surface area contributed by atoms with Gasteiger partial charge >= 0.3 is 0 Å². The van der Waals surface area contributed by atoms with Crippen molar-refractivity contribution in [2.24, 2.45) is 0 Å². The summed E-state index contributed by atoms with van der Waals surface area (Å²) in [6, 6.07) is 8.91. The average Bonchev–Trinajstić information content (AvgIpc) is 2.49. The van der Waals surface area contributed by atoms with Crippen molar-refractivity contribution in [3.63, 3.8) is 0 Å². The van der Waals surface area contributed by atoms with Crippen LogP contribution in [0, 0.1) is 0 Å². The predicted octanol–water partition coefficient (Wildman–Crippen LogP) is 4.08. The summed E-state index contributed by atoms with van der Waals surface area (Å²) in [7, 11) is 2.29. The Kier molecular flexibility index (Phi) is 6.85. The van der Waals surface area contributed by atoms with Gasteiger partial charge in [-0.2, -0.15) is 0 Å². The molecule has 1 aromatic carbocycles. The van der Waals surface area contributed by atoms with Gasteiger partial charge in [-0.1, -0.05) is 43.0 Å². The Labute approximate surface area is 128 Å². The van der Waals surface area contributed by atoms with Crippen LogP contribution in [0.5, 0.6) is 0 Å². The number of benzene rings is 1. The van der Waals surface area contributed by atoms with Crippen LogP contribution in [0.1, 0.15) is 44.1 Å². The Morgan fingerprint density at radius 3 is 2.55 bits per heavy atom. The molecular formula is C17H27ClN2. The first-order valence-corrected chi connectivity index (χ1v) is 8.29.